The SMILES string of the molecule is CC(=O)N1CCCN(C2CN(CCc3ccc(C)cc3)CC2C)CC1. The highest BCUT2D eigenvalue weighted by Gasteiger charge is 2.34. The van der Waals surface area contributed by atoms with E-state index in [0.29, 0.717) is 12.0 Å². The minimum Gasteiger partial charge on any atom is -0.342 e. The minimum absolute atomic E-state index is 0.223. The van der Waals surface area contributed by atoms with Gasteiger partial charge in [-0.15, -0.1) is 0 Å². The Morgan fingerprint density at radius 1 is 1.08 bits per heavy atom. The van der Waals surface area contributed by atoms with Crippen LogP contribution in [0.2, 0.25) is 0 Å². The van der Waals surface area contributed by atoms with E-state index >= 15 is 0 Å². The van der Waals surface area contributed by atoms with Crippen LogP contribution in [0.25, 0.3) is 0 Å². The quantitative estimate of drug-likeness (QED) is 0.840. The largest absolute Gasteiger partial charge is 0.342 e. The normalized spacial score (nSPS) is 26.0. The molecule has 0 spiro atoms. The smallest absolute Gasteiger partial charge is 0.219 e. The Kier molecular flexibility index (Phi) is 6.13. The molecule has 4 heteroatoms. The summed E-state index contributed by atoms with van der Waals surface area (Å²) in [6, 6.07) is 9.59. The number of benzene rings is 1. The molecule has 2 heterocycles. The standard InChI is InChI=1S/C21H33N3O/c1-17-5-7-20(8-6-17)9-12-22-15-18(2)21(16-22)24-11-4-10-23(13-14-24)19(3)25/h5-8,18,21H,4,9-16H2,1-3H3. The number of likely N-dealkylation sites (tertiary alicyclic amines) is 1. The van der Waals surface area contributed by atoms with Crippen LogP contribution in [0.5, 0.6) is 0 Å². The molecule has 1 amide bonds. The number of nitrogens with zero attached hydrogens (tertiary/aromatic N) is 3. The Morgan fingerprint density at radius 2 is 1.84 bits per heavy atom. The summed E-state index contributed by atoms with van der Waals surface area (Å²) in [5, 5.41) is 0. The molecule has 2 fully saturated rings. The predicted octanol–water partition coefficient (Wildman–Crippen LogP) is 2.41. The van der Waals surface area contributed by atoms with E-state index in [1.54, 1.807) is 6.92 Å². The average molecular weight is 344 g/mol. The lowest BCUT2D eigenvalue weighted by molar-refractivity contribution is -0.128. The molecule has 0 aliphatic carbocycles. The van der Waals surface area contributed by atoms with E-state index in [1.165, 1.54) is 24.2 Å². The number of rotatable bonds is 4. The summed E-state index contributed by atoms with van der Waals surface area (Å²) >= 11 is 0. The number of carbonyl (C=O) groups excluding carboxylic acids is 1. The highest BCUT2D eigenvalue weighted by atomic mass is 16.2. The summed E-state index contributed by atoms with van der Waals surface area (Å²) in [5.41, 5.74) is 2.77. The van der Waals surface area contributed by atoms with Crippen LogP contribution >= 0.6 is 0 Å². The molecule has 0 radical (unpaired) electrons. The van der Waals surface area contributed by atoms with E-state index in [2.05, 4.69) is 47.9 Å². The second-order valence-electron chi connectivity index (χ2n) is 7.94. The molecule has 1 aromatic carbocycles. The fourth-order valence-corrected chi connectivity index (χ4v) is 4.33. The molecule has 138 valence electrons. The van der Waals surface area contributed by atoms with Crippen molar-refractivity contribution in [3.05, 3.63) is 35.4 Å². The Balaban J connectivity index is 1.50. The number of hydrogen-bond donors (Lipinski definition) is 0. The van der Waals surface area contributed by atoms with Crippen LogP contribution in [0.15, 0.2) is 24.3 Å². The van der Waals surface area contributed by atoms with E-state index in [0.717, 1.165) is 45.6 Å². The minimum atomic E-state index is 0.223. The van der Waals surface area contributed by atoms with Crippen molar-refractivity contribution < 1.29 is 4.79 Å². The summed E-state index contributed by atoms with van der Waals surface area (Å²) in [6.45, 7) is 13.7. The Labute approximate surface area is 152 Å². The fraction of sp³-hybridized carbons (Fsp3) is 0.667. The van der Waals surface area contributed by atoms with Crippen LogP contribution in [0.4, 0.5) is 0 Å². The number of carbonyl (C=O) groups is 1. The third-order valence-electron chi connectivity index (χ3n) is 5.93. The van der Waals surface area contributed by atoms with E-state index in [-0.39, 0.29) is 5.91 Å². The second kappa shape index (κ2) is 8.33. The van der Waals surface area contributed by atoms with E-state index in [1.807, 2.05) is 4.90 Å². The molecule has 2 unspecified atom stereocenters. The van der Waals surface area contributed by atoms with Gasteiger partial charge in [-0.2, -0.15) is 0 Å². The van der Waals surface area contributed by atoms with E-state index in [4.69, 9.17) is 0 Å². The van der Waals surface area contributed by atoms with Gasteiger partial charge in [-0.3, -0.25) is 9.69 Å². The van der Waals surface area contributed by atoms with Crippen molar-refractivity contribution >= 4 is 5.91 Å². The van der Waals surface area contributed by atoms with Gasteiger partial charge >= 0.3 is 0 Å². The maximum absolute atomic E-state index is 11.6. The van der Waals surface area contributed by atoms with E-state index < -0.39 is 0 Å². The number of amides is 1. The van der Waals surface area contributed by atoms with E-state index in [9.17, 15) is 4.79 Å². The molecular weight excluding hydrogens is 310 g/mol. The molecule has 25 heavy (non-hydrogen) atoms. The zero-order chi connectivity index (χ0) is 17.8. The maximum Gasteiger partial charge on any atom is 0.219 e. The highest BCUT2D eigenvalue weighted by molar-refractivity contribution is 5.73. The van der Waals surface area contributed by atoms with Crippen LogP contribution in [0, 0.1) is 12.8 Å². The lowest BCUT2D eigenvalue weighted by atomic mass is 10.0. The first-order valence-corrected chi connectivity index (χ1v) is 9.80. The van der Waals surface area contributed by atoms with Crippen molar-refractivity contribution in [1.82, 2.24) is 14.7 Å². The molecule has 2 saturated heterocycles. The molecule has 2 aliphatic rings. The van der Waals surface area contributed by atoms with Crippen molar-refractivity contribution in [2.75, 3.05) is 45.8 Å². The fourth-order valence-electron chi connectivity index (χ4n) is 4.33. The van der Waals surface area contributed by atoms with Gasteiger partial charge in [0.15, 0.2) is 0 Å². The van der Waals surface area contributed by atoms with Gasteiger partial charge in [0.2, 0.25) is 5.91 Å². The molecule has 0 saturated carbocycles. The van der Waals surface area contributed by atoms with Gasteiger partial charge in [-0.25, -0.2) is 0 Å². The van der Waals surface area contributed by atoms with Crippen LogP contribution in [-0.4, -0.2) is 72.5 Å². The third-order valence-corrected chi connectivity index (χ3v) is 5.93. The van der Waals surface area contributed by atoms with Crippen LogP contribution < -0.4 is 0 Å². The molecule has 1 aromatic rings. The van der Waals surface area contributed by atoms with Crippen molar-refractivity contribution in [2.24, 2.45) is 5.92 Å². The van der Waals surface area contributed by atoms with Crippen molar-refractivity contribution in [3.8, 4) is 0 Å². The third kappa shape index (κ3) is 4.83. The summed E-state index contributed by atoms with van der Waals surface area (Å²) in [7, 11) is 0. The lowest BCUT2D eigenvalue weighted by Crippen LogP contribution is -2.43. The van der Waals surface area contributed by atoms with Crippen molar-refractivity contribution in [1.29, 1.82) is 0 Å². The first-order valence-electron chi connectivity index (χ1n) is 9.80. The first-order chi connectivity index (χ1) is 12.0. The maximum atomic E-state index is 11.6. The predicted molar refractivity (Wildman–Crippen MR) is 103 cm³/mol. The molecule has 2 aliphatic heterocycles. The molecule has 0 N–H and O–H groups in total. The molecule has 2 atom stereocenters. The summed E-state index contributed by atoms with van der Waals surface area (Å²) in [6.07, 6.45) is 2.24. The van der Waals surface area contributed by atoms with Crippen molar-refractivity contribution in [2.45, 2.75) is 39.7 Å². The molecule has 3 rings (SSSR count). The monoisotopic (exact) mass is 343 g/mol. The first kappa shape index (κ1) is 18.4. The van der Waals surface area contributed by atoms with Gasteiger partial charge in [0.1, 0.15) is 0 Å². The van der Waals surface area contributed by atoms with Crippen molar-refractivity contribution in [3.63, 3.8) is 0 Å². The van der Waals surface area contributed by atoms with Gasteiger partial charge in [-0.05, 0) is 31.2 Å². The molecule has 0 aromatic heterocycles. The Hall–Kier alpha value is -1.39. The molecule has 0 bridgehead atoms. The number of aryl methyl sites for hydroxylation is 1. The number of hydrogen-bond acceptors (Lipinski definition) is 3. The van der Waals surface area contributed by atoms with Crippen LogP contribution in [-0.2, 0) is 11.2 Å². The summed E-state index contributed by atoms with van der Waals surface area (Å²) in [4.78, 5) is 18.9. The van der Waals surface area contributed by atoms with Gasteiger partial charge in [0, 0.05) is 58.8 Å². The van der Waals surface area contributed by atoms with Gasteiger partial charge in [-0.1, -0.05) is 36.8 Å². The topological polar surface area (TPSA) is 26.8 Å². The van der Waals surface area contributed by atoms with Crippen LogP contribution in [0.1, 0.15) is 31.4 Å². The van der Waals surface area contributed by atoms with Gasteiger partial charge < -0.3 is 9.80 Å². The average Bonchev–Trinajstić information content (AvgIpc) is 2.81. The highest BCUT2D eigenvalue weighted by Crippen LogP contribution is 2.23. The summed E-state index contributed by atoms with van der Waals surface area (Å²) in [5.74, 6) is 0.933. The zero-order valence-electron chi connectivity index (χ0n) is 16.1. The van der Waals surface area contributed by atoms with Gasteiger partial charge in [0.25, 0.3) is 0 Å². The van der Waals surface area contributed by atoms with Gasteiger partial charge in [0.05, 0.1) is 0 Å². The zero-order valence-corrected chi connectivity index (χ0v) is 16.1. The molecule has 4 nitrogen and oxygen atoms in total. The Morgan fingerprint density at radius 3 is 2.56 bits per heavy atom. The van der Waals surface area contributed by atoms with Crippen LogP contribution in [0.3, 0.4) is 0 Å². The lowest BCUT2D eigenvalue weighted by Gasteiger charge is -2.30. The summed E-state index contributed by atoms with van der Waals surface area (Å²) < 4.78 is 0. The second-order valence-corrected chi connectivity index (χ2v) is 7.94. The Bertz CT molecular complexity index is 571. The molecular formula is C21H33N3O.